The summed E-state index contributed by atoms with van der Waals surface area (Å²) in [5.74, 6) is 1.76. The van der Waals surface area contributed by atoms with Crippen molar-refractivity contribution in [2.24, 2.45) is 0 Å². The van der Waals surface area contributed by atoms with E-state index in [1.165, 1.54) is 0 Å². The lowest BCUT2D eigenvalue weighted by Crippen LogP contribution is -2.43. The van der Waals surface area contributed by atoms with Gasteiger partial charge in [0.1, 0.15) is 7.14 Å². The molecule has 0 aliphatic carbocycles. The molecule has 1 aliphatic heterocycles. The first kappa shape index (κ1) is 12.9. The van der Waals surface area contributed by atoms with E-state index >= 15 is 0 Å². The van der Waals surface area contributed by atoms with Crippen molar-refractivity contribution in [2.75, 3.05) is 13.3 Å². The maximum Gasteiger partial charge on any atom is 0.139 e. The van der Waals surface area contributed by atoms with Crippen molar-refractivity contribution in [3.63, 3.8) is 0 Å². The predicted octanol–water partition coefficient (Wildman–Crippen LogP) is 3.21. The highest BCUT2D eigenvalue weighted by Gasteiger charge is 2.42. The third-order valence-electron chi connectivity index (χ3n) is 3.29. The van der Waals surface area contributed by atoms with Gasteiger partial charge in [0.2, 0.25) is 0 Å². The van der Waals surface area contributed by atoms with Gasteiger partial charge in [0.25, 0.3) is 0 Å². The van der Waals surface area contributed by atoms with Crippen LogP contribution in [-0.4, -0.2) is 24.2 Å². The molecular formula is C13H16ClO2P. The number of alkyl halides is 1. The quantitative estimate of drug-likeness (QED) is 0.609. The van der Waals surface area contributed by atoms with Gasteiger partial charge in [-0.3, -0.25) is 0 Å². The Morgan fingerprint density at radius 1 is 1.41 bits per heavy atom. The Balaban J connectivity index is 2.42. The molecule has 3 atom stereocenters. The number of methoxy groups -OCH3 is 1. The molecule has 0 saturated carbocycles. The zero-order chi connectivity index (χ0) is 12.5. The fourth-order valence-corrected chi connectivity index (χ4v) is 5.35. The molecule has 1 aliphatic rings. The van der Waals surface area contributed by atoms with Gasteiger partial charge < -0.3 is 9.30 Å². The van der Waals surface area contributed by atoms with E-state index in [2.05, 4.69) is 0 Å². The van der Waals surface area contributed by atoms with Gasteiger partial charge in [0.05, 0.1) is 11.0 Å². The van der Waals surface area contributed by atoms with E-state index < -0.39 is 12.7 Å². The summed E-state index contributed by atoms with van der Waals surface area (Å²) < 4.78 is 18.4. The molecule has 2 rings (SSSR count). The largest absolute Gasteiger partial charge is 0.376 e. The molecule has 0 radical (unpaired) electrons. The van der Waals surface area contributed by atoms with Gasteiger partial charge in [-0.2, -0.15) is 0 Å². The van der Waals surface area contributed by atoms with Crippen LogP contribution in [0.3, 0.4) is 0 Å². The van der Waals surface area contributed by atoms with Gasteiger partial charge in [0, 0.05) is 18.6 Å². The Hall–Kier alpha value is -0.560. The molecular weight excluding hydrogens is 255 g/mol. The van der Waals surface area contributed by atoms with E-state index in [1.54, 1.807) is 19.0 Å². The van der Waals surface area contributed by atoms with Crippen molar-refractivity contribution in [1.82, 2.24) is 0 Å². The summed E-state index contributed by atoms with van der Waals surface area (Å²) in [6.07, 6.45) is 2.24. The van der Waals surface area contributed by atoms with Crippen LogP contribution in [0.2, 0.25) is 0 Å². The van der Waals surface area contributed by atoms with Gasteiger partial charge in [-0.05, 0) is 12.7 Å². The Morgan fingerprint density at radius 3 is 2.65 bits per heavy atom. The van der Waals surface area contributed by atoms with Gasteiger partial charge in [-0.1, -0.05) is 36.4 Å². The summed E-state index contributed by atoms with van der Waals surface area (Å²) in [4.78, 5) is 0. The molecule has 1 aromatic rings. The zero-order valence-corrected chi connectivity index (χ0v) is 11.6. The smallest absolute Gasteiger partial charge is 0.139 e. The lowest BCUT2D eigenvalue weighted by Gasteiger charge is -2.37. The Kier molecular flexibility index (Phi) is 3.49. The van der Waals surface area contributed by atoms with Crippen LogP contribution in [0.5, 0.6) is 0 Å². The minimum Gasteiger partial charge on any atom is -0.376 e. The summed E-state index contributed by atoms with van der Waals surface area (Å²) in [7, 11) is -0.916. The lowest BCUT2D eigenvalue weighted by atomic mass is 10.0. The molecule has 3 unspecified atom stereocenters. The molecule has 17 heavy (non-hydrogen) atoms. The second-order valence-corrected chi connectivity index (χ2v) is 7.74. The molecule has 0 bridgehead atoms. The fraction of sp³-hybridized carbons (Fsp3) is 0.385. The highest BCUT2D eigenvalue weighted by atomic mass is 35.5. The van der Waals surface area contributed by atoms with E-state index in [-0.39, 0.29) is 5.38 Å². The molecule has 1 aromatic carbocycles. The van der Waals surface area contributed by atoms with Crippen LogP contribution in [0.1, 0.15) is 6.92 Å². The van der Waals surface area contributed by atoms with Crippen molar-refractivity contribution >= 4 is 24.0 Å². The first-order chi connectivity index (χ1) is 8.00. The first-order valence-corrected chi connectivity index (χ1v) is 7.93. The van der Waals surface area contributed by atoms with Crippen LogP contribution in [0, 0.1) is 0 Å². The van der Waals surface area contributed by atoms with Crippen LogP contribution < -0.4 is 5.30 Å². The van der Waals surface area contributed by atoms with Crippen molar-refractivity contribution in [1.29, 1.82) is 0 Å². The number of ether oxygens (including phenoxy) is 1. The zero-order valence-electron chi connectivity index (χ0n) is 9.97. The highest BCUT2D eigenvalue weighted by Crippen LogP contribution is 2.53. The fourth-order valence-electron chi connectivity index (χ4n) is 2.06. The van der Waals surface area contributed by atoms with Crippen LogP contribution in [-0.2, 0) is 9.30 Å². The monoisotopic (exact) mass is 270 g/mol. The van der Waals surface area contributed by atoms with Crippen LogP contribution in [0.15, 0.2) is 42.2 Å². The summed E-state index contributed by atoms with van der Waals surface area (Å²) in [5.41, 5.74) is -0.568. The molecule has 0 N–H and O–H groups in total. The minimum atomic E-state index is -2.53. The molecule has 0 fully saturated rings. The number of hydrogen-bond acceptors (Lipinski definition) is 2. The van der Waals surface area contributed by atoms with Gasteiger partial charge in [-0.15, -0.1) is 11.6 Å². The minimum absolute atomic E-state index is 0.238. The summed E-state index contributed by atoms with van der Waals surface area (Å²) >= 11 is 6.21. The molecule has 4 heteroatoms. The third kappa shape index (κ3) is 2.35. The molecule has 0 saturated heterocycles. The number of halogens is 1. The van der Waals surface area contributed by atoms with E-state index in [0.29, 0.717) is 6.16 Å². The molecule has 0 spiro atoms. The van der Waals surface area contributed by atoms with E-state index in [4.69, 9.17) is 16.3 Å². The molecule has 0 aromatic heterocycles. The standard InChI is InChI=1S/C13H16ClO2P/c1-13(16-2)10-17(15,9-8-12(13)14)11-6-4-3-5-7-11/h3-9,12H,10H2,1-2H3. The van der Waals surface area contributed by atoms with Crippen LogP contribution in [0.4, 0.5) is 0 Å². The summed E-state index contributed by atoms with van der Waals surface area (Å²) in [6.45, 7) is 1.91. The third-order valence-corrected chi connectivity index (χ3v) is 6.82. The second kappa shape index (κ2) is 4.61. The normalized spacial score (nSPS) is 37.0. The van der Waals surface area contributed by atoms with E-state index in [9.17, 15) is 4.57 Å². The Bertz CT molecular complexity index is 472. The second-order valence-electron chi connectivity index (χ2n) is 4.55. The molecule has 92 valence electrons. The number of benzene rings is 1. The van der Waals surface area contributed by atoms with Crippen molar-refractivity contribution in [3.05, 3.63) is 42.2 Å². The summed E-state index contributed by atoms with van der Waals surface area (Å²) in [6, 6.07) is 9.52. The van der Waals surface area contributed by atoms with Crippen LogP contribution >= 0.6 is 18.7 Å². The molecule has 2 nitrogen and oxygen atoms in total. The van der Waals surface area contributed by atoms with Gasteiger partial charge >= 0.3 is 0 Å². The Morgan fingerprint density at radius 2 is 2.06 bits per heavy atom. The number of rotatable bonds is 2. The van der Waals surface area contributed by atoms with E-state index in [0.717, 1.165) is 5.30 Å². The molecule has 1 heterocycles. The summed E-state index contributed by atoms with van der Waals surface area (Å²) in [5, 5.41) is 0.626. The average molecular weight is 271 g/mol. The Labute approximate surface area is 107 Å². The maximum atomic E-state index is 12.9. The SMILES string of the molecule is COC1(C)CP(=O)(c2ccccc2)C=CC1Cl. The topological polar surface area (TPSA) is 26.3 Å². The van der Waals surface area contributed by atoms with Crippen molar-refractivity contribution in [3.8, 4) is 0 Å². The maximum absolute atomic E-state index is 12.9. The van der Waals surface area contributed by atoms with Gasteiger partial charge in [0.15, 0.2) is 0 Å². The van der Waals surface area contributed by atoms with Crippen molar-refractivity contribution < 1.29 is 9.30 Å². The van der Waals surface area contributed by atoms with Gasteiger partial charge in [-0.25, -0.2) is 0 Å². The molecule has 0 amide bonds. The van der Waals surface area contributed by atoms with E-state index in [1.807, 2.05) is 37.3 Å². The highest BCUT2D eigenvalue weighted by molar-refractivity contribution is 7.74. The predicted molar refractivity (Wildman–Crippen MR) is 72.7 cm³/mol. The first-order valence-electron chi connectivity index (χ1n) is 5.53. The number of hydrogen-bond donors (Lipinski definition) is 0. The van der Waals surface area contributed by atoms with Crippen molar-refractivity contribution in [2.45, 2.75) is 17.9 Å². The lowest BCUT2D eigenvalue weighted by molar-refractivity contribution is 0.0303. The van der Waals surface area contributed by atoms with Crippen LogP contribution in [0.25, 0.3) is 0 Å². The average Bonchev–Trinajstić information content (AvgIpc) is 2.36.